The highest BCUT2D eigenvalue weighted by Gasteiger charge is 2.12. The Hall–Kier alpha value is -1.22. The molecule has 1 aromatic carbocycles. The number of rotatable bonds is 5. The van der Waals surface area contributed by atoms with Crippen LogP contribution in [0.1, 0.15) is 30.1 Å². The highest BCUT2D eigenvalue weighted by molar-refractivity contribution is 6.33. The molecule has 94 valence electrons. The van der Waals surface area contributed by atoms with Crippen LogP contribution < -0.4 is 5.32 Å². The van der Waals surface area contributed by atoms with Crippen LogP contribution in [0.4, 0.5) is 5.69 Å². The van der Waals surface area contributed by atoms with Crippen molar-refractivity contribution in [2.24, 2.45) is 0 Å². The lowest BCUT2D eigenvalue weighted by Crippen LogP contribution is -2.22. The second-order valence-corrected chi connectivity index (χ2v) is 4.58. The normalized spacial score (nSPS) is 10.1. The summed E-state index contributed by atoms with van der Waals surface area (Å²) in [5.41, 5.74) is 1.48. The molecule has 0 unspecified atom stereocenters. The van der Waals surface area contributed by atoms with Crippen LogP contribution in [0.25, 0.3) is 0 Å². The van der Waals surface area contributed by atoms with E-state index in [2.05, 4.69) is 12.2 Å². The molecule has 0 aromatic heterocycles. The summed E-state index contributed by atoms with van der Waals surface area (Å²) < 4.78 is 0. The van der Waals surface area contributed by atoms with E-state index in [1.165, 1.54) is 4.90 Å². The Morgan fingerprint density at radius 2 is 2.12 bits per heavy atom. The standard InChI is InChI=1S/C13H19ClN2O/c1-4-5-8-15-10-6-7-12(14)11(9-10)13(17)16(2)3/h6-7,9,15H,4-5,8H2,1-3H3. The molecule has 0 heterocycles. The van der Waals surface area contributed by atoms with Gasteiger partial charge in [-0.1, -0.05) is 24.9 Å². The Balaban J connectivity index is 2.83. The molecule has 1 amide bonds. The quantitative estimate of drug-likeness (QED) is 0.818. The van der Waals surface area contributed by atoms with Crippen LogP contribution in [-0.2, 0) is 0 Å². The number of carbonyl (C=O) groups is 1. The summed E-state index contributed by atoms with van der Waals surface area (Å²) >= 11 is 6.02. The Kier molecular flexibility index (Phi) is 5.29. The van der Waals surface area contributed by atoms with E-state index in [9.17, 15) is 4.79 Å². The summed E-state index contributed by atoms with van der Waals surface area (Å²) in [6.07, 6.45) is 2.25. The Labute approximate surface area is 108 Å². The molecule has 1 rings (SSSR count). The van der Waals surface area contributed by atoms with Gasteiger partial charge < -0.3 is 10.2 Å². The van der Waals surface area contributed by atoms with Gasteiger partial charge >= 0.3 is 0 Å². The Morgan fingerprint density at radius 3 is 2.71 bits per heavy atom. The van der Waals surface area contributed by atoms with E-state index in [1.807, 2.05) is 6.07 Å². The average molecular weight is 255 g/mol. The smallest absolute Gasteiger partial charge is 0.254 e. The van der Waals surface area contributed by atoms with Crippen molar-refractivity contribution >= 4 is 23.2 Å². The minimum Gasteiger partial charge on any atom is -0.385 e. The summed E-state index contributed by atoms with van der Waals surface area (Å²) in [7, 11) is 3.44. The van der Waals surface area contributed by atoms with Crippen molar-refractivity contribution < 1.29 is 4.79 Å². The molecule has 0 saturated carbocycles. The van der Waals surface area contributed by atoms with Crippen LogP contribution >= 0.6 is 11.6 Å². The summed E-state index contributed by atoms with van der Waals surface area (Å²) in [6, 6.07) is 5.46. The molecular formula is C13H19ClN2O. The Morgan fingerprint density at radius 1 is 1.41 bits per heavy atom. The summed E-state index contributed by atoms with van der Waals surface area (Å²) in [5.74, 6) is -0.0749. The van der Waals surface area contributed by atoms with E-state index in [-0.39, 0.29) is 5.91 Å². The van der Waals surface area contributed by atoms with Gasteiger partial charge in [0.25, 0.3) is 5.91 Å². The maximum atomic E-state index is 11.9. The predicted molar refractivity (Wildman–Crippen MR) is 72.9 cm³/mol. The van der Waals surface area contributed by atoms with Gasteiger partial charge in [0.2, 0.25) is 0 Å². The molecule has 0 aliphatic rings. The van der Waals surface area contributed by atoms with Gasteiger partial charge in [0.15, 0.2) is 0 Å². The number of carbonyl (C=O) groups excluding carboxylic acids is 1. The molecule has 1 N–H and O–H groups in total. The highest BCUT2D eigenvalue weighted by atomic mass is 35.5. The van der Waals surface area contributed by atoms with Crippen LogP contribution in [0.2, 0.25) is 5.02 Å². The van der Waals surface area contributed by atoms with Crippen molar-refractivity contribution in [3.8, 4) is 0 Å². The molecule has 0 fully saturated rings. The molecule has 0 aliphatic carbocycles. The van der Waals surface area contributed by atoms with E-state index in [0.29, 0.717) is 10.6 Å². The predicted octanol–water partition coefficient (Wildman–Crippen LogP) is 3.25. The zero-order chi connectivity index (χ0) is 12.8. The number of hydrogen-bond acceptors (Lipinski definition) is 2. The largest absolute Gasteiger partial charge is 0.385 e. The van der Waals surface area contributed by atoms with E-state index < -0.39 is 0 Å². The first kappa shape index (κ1) is 13.8. The van der Waals surface area contributed by atoms with Gasteiger partial charge in [-0.2, -0.15) is 0 Å². The van der Waals surface area contributed by atoms with Gasteiger partial charge in [0.1, 0.15) is 0 Å². The summed E-state index contributed by atoms with van der Waals surface area (Å²) in [4.78, 5) is 13.4. The lowest BCUT2D eigenvalue weighted by Gasteiger charge is -2.13. The average Bonchev–Trinajstić information content (AvgIpc) is 2.30. The fourth-order valence-corrected chi connectivity index (χ4v) is 1.65. The molecule has 4 heteroatoms. The molecule has 1 aromatic rings. The van der Waals surface area contributed by atoms with Crippen LogP contribution in [0.3, 0.4) is 0 Å². The van der Waals surface area contributed by atoms with Crippen molar-refractivity contribution in [3.05, 3.63) is 28.8 Å². The maximum absolute atomic E-state index is 11.9. The third-order valence-electron chi connectivity index (χ3n) is 2.46. The maximum Gasteiger partial charge on any atom is 0.254 e. The number of unbranched alkanes of at least 4 members (excludes halogenated alkanes) is 1. The first-order chi connectivity index (χ1) is 8.06. The van der Waals surface area contributed by atoms with Crippen molar-refractivity contribution in [2.75, 3.05) is 26.0 Å². The van der Waals surface area contributed by atoms with Gasteiger partial charge in [-0.25, -0.2) is 0 Å². The number of amides is 1. The van der Waals surface area contributed by atoms with Crippen LogP contribution in [0, 0.1) is 0 Å². The van der Waals surface area contributed by atoms with Gasteiger partial charge in [-0.05, 0) is 24.6 Å². The molecule has 0 spiro atoms. The minimum atomic E-state index is -0.0749. The van der Waals surface area contributed by atoms with Gasteiger partial charge in [-0.15, -0.1) is 0 Å². The second-order valence-electron chi connectivity index (χ2n) is 4.17. The minimum absolute atomic E-state index is 0.0749. The van der Waals surface area contributed by atoms with Crippen molar-refractivity contribution in [3.63, 3.8) is 0 Å². The number of anilines is 1. The van der Waals surface area contributed by atoms with Crippen LogP contribution in [0.5, 0.6) is 0 Å². The van der Waals surface area contributed by atoms with Crippen molar-refractivity contribution in [1.82, 2.24) is 4.90 Å². The van der Waals surface area contributed by atoms with Gasteiger partial charge in [0, 0.05) is 26.3 Å². The molecule has 17 heavy (non-hydrogen) atoms. The topological polar surface area (TPSA) is 32.3 Å². The van der Waals surface area contributed by atoms with E-state index in [4.69, 9.17) is 11.6 Å². The molecule has 0 radical (unpaired) electrons. The highest BCUT2D eigenvalue weighted by Crippen LogP contribution is 2.21. The lowest BCUT2D eigenvalue weighted by atomic mass is 10.1. The number of hydrogen-bond donors (Lipinski definition) is 1. The first-order valence-corrected chi connectivity index (χ1v) is 6.19. The monoisotopic (exact) mass is 254 g/mol. The molecule has 0 saturated heterocycles. The van der Waals surface area contributed by atoms with Crippen molar-refractivity contribution in [2.45, 2.75) is 19.8 Å². The third-order valence-corrected chi connectivity index (χ3v) is 2.79. The molecule has 0 atom stereocenters. The number of benzene rings is 1. The third kappa shape index (κ3) is 3.93. The number of nitrogens with one attached hydrogen (secondary N) is 1. The summed E-state index contributed by atoms with van der Waals surface area (Å²) in [6.45, 7) is 3.05. The lowest BCUT2D eigenvalue weighted by molar-refractivity contribution is 0.0828. The van der Waals surface area contributed by atoms with E-state index >= 15 is 0 Å². The van der Waals surface area contributed by atoms with Gasteiger partial charge in [0.05, 0.1) is 10.6 Å². The number of halogens is 1. The van der Waals surface area contributed by atoms with Crippen LogP contribution in [0.15, 0.2) is 18.2 Å². The molecule has 3 nitrogen and oxygen atoms in total. The number of nitrogens with zero attached hydrogens (tertiary/aromatic N) is 1. The van der Waals surface area contributed by atoms with E-state index in [1.54, 1.807) is 26.2 Å². The Bertz CT molecular complexity index is 391. The zero-order valence-corrected chi connectivity index (χ0v) is 11.3. The second kappa shape index (κ2) is 6.50. The van der Waals surface area contributed by atoms with Gasteiger partial charge in [-0.3, -0.25) is 4.79 Å². The summed E-state index contributed by atoms with van der Waals surface area (Å²) in [5, 5.41) is 3.77. The fourth-order valence-electron chi connectivity index (χ4n) is 1.45. The van der Waals surface area contributed by atoms with Crippen molar-refractivity contribution in [1.29, 1.82) is 0 Å². The molecule has 0 bridgehead atoms. The SMILES string of the molecule is CCCCNc1ccc(Cl)c(C(=O)N(C)C)c1. The first-order valence-electron chi connectivity index (χ1n) is 5.81. The zero-order valence-electron chi connectivity index (χ0n) is 10.6. The molecule has 0 aliphatic heterocycles. The fraction of sp³-hybridized carbons (Fsp3) is 0.462. The molecular weight excluding hydrogens is 236 g/mol. The van der Waals surface area contributed by atoms with E-state index in [0.717, 1.165) is 25.1 Å². The van der Waals surface area contributed by atoms with Crippen LogP contribution in [-0.4, -0.2) is 31.4 Å².